The van der Waals surface area contributed by atoms with Gasteiger partial charge in [0.2, 0.25) is 5.90 Å². The number of hydrogen-bond donors (Lipinski definition) is 0. The van der Waals surface area contributed by atoms with Crippen molar-refractivity contribution in [3.63, 3.8) is 0 Å². The van der Waals surface area contributed by atoms with Gasteiger partial charge >= 0.3 is 0 Å². The molecule has 1 saturated carbocycles. The third-order valence-corrected chi connectivity index (χ3v) is 6.30. The molecule has 0 spiro atoms. The fourth-order valence-corrected chi connectivity index (χ4v) is 4.53. The van der Waals surface area contributed by atoms with Crippen LogP contribution in [0.4, 0.5) is 0 Å². The summed E-state index contributed by atoms with van der Waals surface area (Å²) in [5.74, 6) is 0.991. The zero-order valence-corrected chi connectivity index (χ0v) is 18.5. The quantitative estimate of drug-likeness (QED) is 0.619. The Morgan fingerprint density at radius 2 is 2.00 bits per heavy atom. The van der Waals surface area contributed by atoms with Crippen molar-refractivity contribution in [2.24, 2.45) is 10.9 Å². The lowest BCUT2D eigenvalue weighted by atomic mass is 9.88. The molecule has 0 amide bonds. The molecule has 2 aliphatic rings. The predicted molar refractivity (Wildman–Crippen MR) is 121 cm³/mol. The molecule has 6 nitrogen and oxygen atoms in total. The van der Waals surface area contributed by atoms with E-state index in [0.29, 0.717) is 31.9 Å². The minimum Gasteiger partial charge on any atom is -0.474 e. The Balaban J connectivity index is 1.35. The molecule has 6 heteroatoms. The van der Waals surface area contributed by atoms with Crippen molar-refractivity contribution < 1.29 is 14.3 Å². The molecule has 1 fully saturated rings. The van der Waals surface area contributed by atoms with Crippen LogP contribution in [0.15, 0.2) is 47.6 Å². The van der Waals surface area contributed by atoms with E-state index in [4.69, 9.17) is 14.7 Å². The molecule has 0 radical (unpaired) electrons. The number of fused-ring (bicyclic) bond motifs is 1. The molecule has 166 valence electrons. The van der Waals surface area contributed by atoms with Gasteiger partial charge in [0.1, 0.15) is 11.9 Å². The zero-order valence-electron chi connectivity index (χ0n) is 18.5. The number of hydrogen-bond acceptors (Lipinski definition) is 6. The number of nitrogens with zero attached hydrogens (tertiary/aromatic N) is 3. The van der Waals surface area contributed by atoms with Gasteiger partial charge in [0.05, 0.1) is 24.8 Å². The maximum atomic E-state index is 12.8. The standard InChI is InChI=1S/C26H29N3O3/c1-31-17-21(19-5-3-2-4-6-19)12-23(30)13-22-11-20-15-29-26(25(20)16-28-22)32-24-9-7-18(14-27)8-10-24/h2-6,11,16,18,21,24H,7-10,12-13,15,17H2,1H3/t18?,21-,24?/m1/s1. The highest BCUT2D eigenvalue weighted by atomic mass is 16.5. The molecule has 1 aromatic carbocycles. The van der Waals surface area contributed by atoms with Gasteiger partial charge in [0.15, 0.2) is 0 Å². The average molecular weight is 432 g/mol. The molecule has 1 aliphatic heterocycles. The van der Waals surface area contributed by atoms with Crippen LogP contribution >= 0.6 is 0 Å². The average Bonchev–Trinajstić information content (AvgIpc) is 3.21. The molecule has 0 bridgehead atoms. The molecule has 0 saturated heterocycles. The van der Waals surface area contributed by atoms with E-state index in [-0.39, 0.29) is 23.7 Å². The first kappa shape index (κ1) is 22.2. The van der Waals surface area contributed by atoms with E-state index in [1.807, 2.05) is 36.4 Å². The summed E-state index contributed by atoms with van der Waals surface area (Å²) in [6.07, 6.45) is 6.16. The molecule has 0 N–H and O–H groups in total. The zero-order chi connectivity index (χ0) is 22.3. The van der Waals surface area contributed by atoms with Crippen molar-refractivity contribution in [2.45, 2.75) is 57.1 Å². The van der Waals surface area contributed by atoms with E-state index >= 15 is 0 Å². The Labute approximate surface area is 189 Å². The van der Waals surface area contributed by atoms with Gasteiger partial charge in [-0.15, -0.1) is 0 Å². The second kappa shape index (κ2) is 10.5. The van der Waals surface area contributed by atoms with Crippen LogP contribution in [0.2, 0.25) is 0 Å². The van der Waals surface area contributed by atoms with Crippen LogP contribution in [0, 0.1) is 17.2 Å². The van der Waals surface area contributed by atoms with E-state index in [2.05, 4.69) is 16.0 Å². The van der Waals surface area contributed by atoms with Gasteiger partial charge in [-0.3, -0.25) is 9.78 Å². The normalized spacial score (nSPS) is 20.7. The minimum atomic E-state index is 0.0441. The second-order valence-corrected chi connectivity index (χ2v) is 8.66. The molecule has 1 atom stereocenters. The number of nitriles is 1. The lowest BCUT2D eigenvalue weighted by molar-refractivity contribution is -0.119. The van der Waals surface area contributed by atoms with Crippen molar-refractivity contribution >= 4 is 11.7 Å². The highest BCUT2D eigenvalue weighted by molar-refractivity contribution is 5.97. The smallest absolute Gasteiger partial charge is 0.218 e. The lowest BCUT2D eigenvalue weighted by Gasteiger charge is -2.25. The van der Waals surface area contributed by atoms with Crippen molar-refractivity contribution in [2.75, 3.05) is 13.7 Å². The number of rotatable bonds is 8. The first-order valence-electron chi connectivity index (χ1n) is 11.3. The first-order valence-corrected chi connectivity index (χ1v) is 11.3. The van der Waals surface area contributed by atoms with Crippen LogP contribution in [0.3, 0.4) is 0 Å². The van der Waals surface area contributed by atoms with Gasteiger partial charge in [-0.25, -0.2) is 4.99 Å². The largest absolute Gasteiger partial charge is 0.474 e. The summed E-state index contributed by atoms with van der Waals surface area (Å²) in [4.78, 5) is 21.9. The Bertz CT molecular complexity index is 1000. The Morgan fingerprint density at radius 3 is 2.72 bits per heavy atom. The van der Waals surface area contributed by atoms with Gasteiger partial charge in [-0.05, 0) is 42.9 Å². The van der Waals surface area contributed by atoms with Crippen LogP contribution < -0.4 is 0 Å². The maximum Gasteiger partial charge on any atom is 0.218 e. The number of benzene rings is 1. The maximum absolute atomic E-state index is 12.8. The Kier molecular flexibility index (Phi) is 7.28. The first-order chi connectivity index (χ1) is 15.7. The number of methoxy groups -OCH3 is 1. The number of carbonyl (C=O) groups is 1. The Morgan fingerprint density at radius 1 is 1.22 bits per heavy atom. The molecule has 1 aliphatic carbocycles. The molecule has 0 unspecified atom stereocenters. The monoisotopic (exact) mass is 431 g/mol. The van der Waals surface area contributed by atoms with E-state index in [0.717, 1.165) is 48.1 Å². The van der Waals surface area contributed by atoms with E-state index in [1.165, 1.54) is 0 Å². The topological polar surface area (TPSA) is 84.6 Å². The molecule has 2 heterocycles. The lowest BCUT2D eigenvalue weighted by Crippen LogP contribution is -2.24. The molecular formula is C26H29N3O3. The third-order valence-electron chi connectivity index (χ3n) is 6.30. The number of carbonyl (C=O) groups excluding carboxylic acids is 1. The Hall–Kier alpha value is -3.04. The van der Waals surface area contributed by atoms with Crippen LogP contribution in [0.25, 0.3) is 0 Å². The summed E-state index contributed by atoms with van der Waals surface area (Å²) in [7, 11) is 1.66. The molecular weight excluding hydrogens is 402 g/mol. The van der Waals surface area contributed by atoms with Crippen molar-refractivity contribution in [3.8, 4) is 6.07 Å². The van der Waals surface area contributed by atoms with Crippen LogP contribution in [-0.2, 0) is 27.2 Å². The van der Waals surface area contributed by atoms with Crippen LogP contribution in [0.1, 0.15) is 60.4 Å². The molecule has 1 aromatic heterocycles. The number of ketones is 1. The van der Waals surface area contributed by atoms with E-state index in [1.54, 1.807) is 13.3 Å². The SMILES string of the molecule is COC[C@@H](CC(=O)Cc1cc2c(cn1)C(OC1CCC(C#N)CC1)=NC2)c1ccccc1. The minimum absolute atomic E-state index is 0.0441. The van der Waals surface area contributed by atoms with Gasteiger partial charge in [-0.1, -0.05) is 30.3 Å². The van der Waals surface area contributed by atoms with E-state index < -0.39 is 0 Å². The molecule has 4 rings (SSSR count). The number of ether oxygens (including phenoxy) is 2. The number of Topliss-reactive ketones (excluding diaryl/α,β-unsaturated/α-hetero) is 1. The van der Waals surface area contributed by atoms with Crippen LogP contribution in [0.5, 0.6) is 0 Å². The molecule has 2 aromatic rings. The van der Waals surface area contributed by atoms with Crippen molar-refractivity contribution in [3.05, 3.63) is 65.0 Å². The summed E-state index contributed by atoms with van der Waals surface area (Å²) in [5.41, 5.74) is 3.86. The fourth-order valence-electron chi connectivity index (χ4n) is 4.53. The summed E-state index contributed by atoms with van der Waals surface area (Å²) >= 11 is 0. The summed E-state index contributed by atoms with van der Waals surface area (Å²) in [6, 6.07) is 14.4. The summed E-state index contributed by atoms with van der Waals surface area (Å²) in [5, 5.41) is 9.06. The van der Waals surface area contributed by atoms with Crippen LogP contribution in [-0.4, -0.2) is 36.5 Å². The van der Waals surface area contributed by atoms with Gasteiger partial charge < -0.3 is 9.47 Å². The number of aliphatic imine (C=N–C) groups is 1. The number of aromatic nitrogens is 1. The van der Waals surface area contributed by atoms with Crippen molar-refractivity contribution in [1.29, 1.82) is 5.26 Å². The summed E-state index contributed by atoms with van der Waals surface area (Å²) in [6.45, 7) is 1.07. The highest BCUT2D eigenvalue weighted by Crippen LogP contribution is 2.29. The van der Waals surface area contributed by atoms with Gasteiger partial charge in [-0.2, -0.15) is 5.26 Å². The third kappa shape index (κ3) is 5.41. The molecule has 32 heavy (non-hydrogen) atoms. The van der Waals surface area contributed by atoms with E-state index in [9.17, 15) is 4.79 Å². The van der Waals surface area contributed by atoms with Crippen molar-refractivity contribution in [1.82, 2.24) is 4.98 Å². The second-order valence-electron chi connectivity index (χ2n) is 8.66. The predicted octanol–water partition coefficient (Wildman–Crippen LogP) is 4.37. The fraction of sp³-hybridized carbons (Fsp3) is 0.462. The number of pyridine rings is 1. The van der Waals surface area contributed by atoms with Gasteiger partial charge in [0, 0.05) is 43.7 Å². The summed E-state index contributed by atoms with van der Waals surface area (Å²) < 4.78 is 11.5. The van der Waals surface area contributed by atoms with Gasteiger partial charge in [0.25, 0.3) is 0 Å². The highest BCUT2D eigenvalue weighted by Gasteiger charge is 2.26.